The zero-order valence-corrected chi connectivity index (χ0v) is 15.9. The minimum absolute atomic E-state index is 0.0222. The van der Waals surface area contributed by atoms with E-state index >= 15 is 0 Å². The molecule has 8 heteroatoms. The zero-order valence-electron chi connectivity index (χ0n) is 14.4. The van der Waals surface area contributed by atoms with E-state index in [1.807, 2.05) is 0 Å². The normalized spacial score (nSPS) is 10.1. The molecule has 0 spiro atoms. The third-order valence-electron chi connectivity index (χ3n) is 3.15. The first-order valence-electron chi connectivity index (χ1n) is 8.11. The Balaban J connectivity index is 1.52. The van der Waals surface area contributed by atoms with Crippen molar-refractivity contribution in [3.05, 3.63) is 58.6 Å². The highest BCUT2D eigenvalue weighted by Crippen LogP contribution is 2.16. The maximum absolute atomic E-state index is 11.6. The van der Waals surface area contributed by atoms with Crippen LogP contribution < -0.4 is 9.47 Å². The molecule has 0 bridgehead atoms. The molecule has 0 aliphatic carbocycles. The molecule has 27 heavy (non-hydrogen) atoms. The number of carbonyl (C=O) groups excluding carboxylic acids is 2. The number of halogens is 2. The Morgan fingerprint density at radius 3 is 1.37 bits per heavy atom. The molecule has 144 valence electrons. The van der Waals surface area contributed by atoms with E-state index in [1.54, 1.807) is 48.5 Å². The number of carbonyl (C=O) groups is 2. The van der Waals surface area contributed by atoms with Crippen LogP contribution in [0.25, 0.3) is 0 Å². The second-order valence-electron chi connectivity index (χ2n) is 5.22. The summed E-state index contributed by atoms with van der Waals surface area (Å²) in [5.74, 6) is -0.150. The quantitative estimate of drug-likeness (QED) is 0.334. The fourth-order valence-corrected chi connectivity index (χ4v) is 2.16. The Kier molecular flexibility index (Phi) is 8.74. The van der Waals surface area contributed by atoms with Gasteiger partial charge in [0.2, 0.25) is 0 Å². The molecular formula is C19H18Cl2O6. The maximum atomic E-state index is 11.6. The first kappa shape index (κ1) is 20.9. The lowest BCUT2D eigenvalue weighted by atomic mass is 10.3. The molecule has 0 heterocycles. The van der Waals surface area contributed by atoms with Gasteiger partial charge in [0.25, 0.3) is 0 Å². The Morgan fingerprint density at radius 2 is 1.00 bits per heavy atom. The SMILES string of the molecule is O=C(CC(=O)OCCOc1ccc(Cl)cc1)OCCOc1ccc(Cl)cc1. The third kappa shape index (κ3) is 8.66. The van der Waals surface area contributed by atoms with Gasteiger partial charge in [-0.25, -0.2) is 0 Å². The average Bonchev–Trinajstić information content (AvgIpc) is 2.65. The van der Waals surface area contributed by atoms with Gasteiger partial charge in [0.05, 0.1) is 0 Å². The van der Waals surface area contributed by atoms with E-state index in [0.29, 0.717) is 21.5 Å². The molecule has 0 aliphatic rings. The number of rotatable bonds is 10. The standard InChI is InChI=1S/C19H18Cl2O6/c20-14-1-5-16(6-2-14)24-9-11-26-18(22)13-19(23)27-12-10-25-17-7-3-15(21)4-8-17/h1-8H,9-13H2. The maximum Gasteiger partial charge on any atom is 0.317 e. The molecule has 2 aromatic rings. The zero-order chi connectivity index (χ0) is 19.5. The van der Waals surface area contributed by atoms with Crippen LogP contribution in [0.1, 0.15) is 6.42 Å². The van der Waals surface area contributed by atoms with Gasteiger partial charge in [-0.15, -0.1) is 0 Å². The van der Waals surface area contributed by atoms with Crippen LogP contribution in [-0.2, 0) is 19.1 Å². The lowest BCUT2D eigenvalue weighted by Gasteiger charge is -2.08. The highest BCUT2D eigenvalue weighted by atomic mass is 35.5. The van der Waals surface area contributed by atoms with Gasteiger partial charge < -0.3 is 18.9 Å². The smallest absolute Gasteiger partial charge is 0.317 e. The van der Waals surface area contributed by atoms with Crippen LogP contribution in [-0.4, -0.2) is 38.4 Å². The van der Waals surface area contributed by atoms with Crippen LogP contribution in [0.5, 0.6) is 11.5 Å². The first-order chi connectivity index (χ1) is 13.0. The molecule has 0 saturated heterocycles. The topological polar surface area (TPSA) is 71.1 Å². The van der Waals surface area contributed by atoms with Crippen molar-refractivity contribution >= 4 is 35.1 Å². The van der Waals surface area contributed by atoms with Gasteiger partial charge in [-0.1, -0.05) is 23.2 Å². The van der Waals surface area contributed by atoms with Gasteiger partial charge in [0.1, 0.15) is 44.3 Å². The van der Waals surface area contributed by atoms with E-state index in [2.05, 4.69) is 0 Å². The lowest BCUT2D eigenvalue weighted by molar-refractivity contribution is -0.155. The molecule has 2 aromatic carbocycles. The number of esters is 2. The second-order valence-corrected chi connectivity index (χ2v) is 6.10. The van der Waals surface area contributed by atoms with Crippen molar-refractivity contribution in [2.24, 2.45) is 0 Å². The Hall–Kier alpha value is -2.44. The number of ether oxygens (including phenoxy) is 4. The molecule has 2 rings (SSSR count). The predicted molar refractivity (Wildman–Crippen MR) is 100 cm³/mol. The fraction of sp³-hybridized carbons (Fsp3) is 0.263. The third-order valence-corrected chi connectivity index (χ3v) is 3.65. The van der Waals surface area contributed by atoms with Gasteiger partial charge in [0, 0.05) is 10.0 Å². The Morgan fingerprint density at radius 1 is 0.630 bits per heavy atom. The summed E-state index contributed by atoms with van der Waals surface area (Å²) in [5, 5.41) is 1.21. The van der Waals surface area contributed by atoms with Crippen LogP contribution in [0.3, 0.4) is 0 Å². The van der Waals surface area contributed by atoms with Crippen molar-refractivity contribution in [3.63, 3.8) is 0 Å². The van der Waals surface area contributed by atoms with Crippen molar-refractivity contribution in [2.45, 2.75) is 6.42 Å². The predicted octanol–water partition coefficient (Wildman–Crippen LogP) is 3.93. The molecule has 0 saturated carbocycles. The summed E-state index contributed by atoms with van der Waals surface area (Å²) in [7, 11) is 0. The van der Waals surface area contributed by atoms with Crippen molar-refractivity contribution in [1.82, 2.24) is 0 Å². The van der Waals surface area contributed by atoms with E-state index < -0.39 is 18.4 Å². The molecule has 0 amide bonds. The monoisotopic (exact) mass is 412 g/mol. The van der Waals surface area contributed by atoms with Crippen molar-refractivity contribution in [1.29, 1.82) is 0 Å². The highest BCUT2D eigenvalue weighted by molar-refractivity contribution is 6.30. The number of hydrogen-bond acceptors (Lipinski definition) is 6. The van der Waals surface area contributed by atoms with Crippen molar-refractivity contribution in [3.8, 4) is 11.5 Å². The molecule has 6 nitrogen and oxygen atoms in total. The summed E-state index contributed by atoms with van der Waals surface area (Å²) < 4.78 is 20.6. The minimum Gasteiger partial charge on any atom is -0.490 e. The van der Waals surface area contributed by atoms with E-state index in [4.69, 9.17) is 42.1 Å². The summed E-state index contributed by atoms with van der Waals surface area (Å²) in [4.78, 5) is 23.1. The van der Waals surface area contributed by atoms with E-state index in [9.17, 15) is 9.59 Å². The average molecular weight is 413 g/mol. The van der Waals surface area contributed by atoms with Gasteiger partial charge in [-0.3, -0.25) is 9.59 Å². The van der Waals surface area contributed by atoms with Crippen LogP contribution >= 0.6 is 23.2 Å². The summed E-state index contributed by atoms with van der Waals surface area (Å²) in [6.45, 7) is 0.373. The largest absolute Gasteiger partial charge is 0.490 e. The second kappa shape index (κ2) is 11.3. The molecular weight excluding hydrogens is 395 g/mol. The lowest BCUT2D eigenvalue weighted by Crippen LogP contribution is -2.18. The van der Waals surface area contributed by atoms with E-state index in [1.165, 1.54) is 0 Å². The van der Waals surface area contributed by atoms with E-state index in [0.717, 1.165) is 0 Å². The Bertz CT molecular complexity index is 667. The molecule has 0 aliphatic heterocycles. The molecule has 0 N–H and O–H groups in total. The first-order valence-corrected chi connectivity index (χ1v) is 8.86. The van der Waals surface area contributed by atoms with Crippen molar-refractivity contribution < 1.29 is 28.5 Å². The van der Waals surface area contributed by atoms with Crippen LogP contribution in [0.4, 0.5) is 0 Å². The summed E-state index contributed by atoms with van der Waals surface area (Å²) >= 11 is 11.5. The van der Waals surface area contributed by atoms with Gasteiger partial charge in [0.15, 0.2) is 0 Å². The molecule has 0 atom stereocenters. The Labute approximate surface area is 166 Å². The number of benzene rings is 2. The molecule has 0 aromatic heterocycles. The summed E-state index contributed by atoms with van der Waals surface area (Å²) in [6, 6.07) is 13.6. The van der Waals surface area contributed by atoms with Gasteiger partial charge >= 0.3 is 11.9 Å². The summed E-state index contributed by atoms with van der Waals surface area (Å²) in [5.41, 5.74) is 0. The van der Waals surface area contributed by atoms with Gasteiger partial charge in [-0.2, -0.15) is 0 Å². The highest BCUT2D eigenvalue weighted by Gasteiger charge is 2.12. The molecule has 0 radical (unpaired) electrons. The molecule has 0 fully saturated rings. The van der Waals surface area contributed by atoms with Crippen LogP contribution in [0.15, 0.2) is 48.5 Å². The van der Waals surface area contributed by atoms with E-state index in [-0.39, 0.29) is 26.4 Å². The number of hydrogen-bond donors (Lipinski definition) is 0. The fourth-order valence-electron chi connectivity index (χ4n) is 1.91. The van der Waals surface area contributed by atoms with Crippen LogP contribution in [0.2, 0.25) is 10.0 Å². The molecule has 0 unspecified atom stereocenters. The van der Waals surface area contributed by atoms with Crippen LogP contribution in [0, 0.1) is 0 Å². The van der Waals surface area contributed by atoms with Crippen molar-refractivity contribution in [2.75, 3.05) is 26.4 Å². The van der Waals surface area contributed by atoms with Gasteiger partial charge in [-0.05, 0) is 48.5 Å². The summed E-state index contributed by atoms with van der Waals surface area (Å²) in [6.07, 6.45) is -0.470. The minimum atomic E-state index is -0.682.